The van der Waals surface area contributed by atoms with Crippen molar-refractivity contribution in [2.24, 2.45) is 0 Å². The van der Waals surface area contributed by atoms with Crippen LogP contribution in [0.15, 0.2) is 111 Å². The van der Waals surface area contributed by atoms with E-state index in [2.05, 4.69) is 85.3 Å². The van der Waals surface area contributed by atoms with Crippen molar-refractivity contribution in [1.82, 2.24) is 0 Å². The van der Waals surface area contributed by atoms with Crippen LogP contribution in [0.3, 0.4) is 0 Å². The molecule has 7 heteroatoms. The summed E-state index contributed by atoms with van der Waals surface area (Å²) >= 11 is 10.0. The van der Waals surface area contributed by atoms with E-state index in [1.807, 2.05) is 78.9 Å². The van der Waals surface area contributed by atoms with Gasteiger partial charge in [-0.2, -0.15) is 10.5 Å². The van der Waals surface area contributed by atoms with E-state index >= 15 is 0 Å². The van der Waals surface area contributed by atoms with Gasteiger partial charge in [0.15, 0.2) is 0 Å². The smallest absolute Gasteiger partial charge is 0.101 e. The number of hydrogen-bond donors (Lipinski definition) is 0. The minimum atomic E-state index is 0.633. The molecule has 0 atom stereocenters. The Morgan fingerprint density at radius 2 is 0.974 bits per heavy atom. The fourth-order valence-corrected chi connectivity index (χ4v) is 6.74. The van der Waals surface area contributed by atoms with Crippen LogP contribution in [-0.2, 0) is 0 Å². The second-order valence-electron chi connectivity index (χ2n) is 8.40. The van der Waals surface area contributed by atoms with Gasteiger partial charge in [-0.1, -0.05) is 42.5 Å². The van der Waals surface area contributed by atoms with Crippen LogP contribution < -0.4 is 4.90 Å². The molecule has 0 unspecified atom stereocenters. The standard InChI is InChI=1S/C32H19Br2N3S2/c33-31-16-14-29(38-31)24(20-35)18-22-6-10-27(11-7-22)37(26-4-2-1-3-5-26)28-12-8-23(9-13-28)19-25(21-36)30-15-17-32(34)39-30/h1-19H/b24-18-,25-19+. The van der Waals surface area contributed by atoms with Crippen molar-refractivity contribution in [1.29, 1.82) is 10.5 Å². The van der Waals surface area contributed by atoms with Gasteiger partial charge in [0, 0.05) is 26.8 Å². The number of halogens is 2. The van der Waals surface area contributed by atoms with Gasteiger partial charge in [0.2, 0.25) is 0 Å². The molecule has 3 aromatic carbocycles. The zero-order valence-electron chi connectivity index (χ0n) is 20.4. The van der Waals surface area contributed by atoms with Crippen molar-refractivity contribution in [3.05, 3.63) is 132 Å². The molecule has 2 aromatic heterocycles. The Balaban J connectivity index is 1.46. The van der Waals surface area contributed by atoms with Gasteiger partial charge in [0.1, 0.15) is 12.1 Å². The summed E-state index contributed by atoms with van der Waals surface area (Å²) in [4.78, 5) is 4.05. The quantitative estimate of drug-likeness (QED) is 0.162. The summed E-state index contributed by atoms with van der Waals surface area (Å²) in [5.74, 6) is 0. The first-order chi connectivity index (χ1) is 19.0. The van der Waals surface area contributed by atoms with Gasteiger partial charge in [0.25, 0.3) is 0 Å². The summed E-state index contributed by atoms with van der Waals surface area (Å²) in [5.41, 5.74) is 6.21. The molecule has 5 aromatic rings. The number of benzene rings is 3. The molecule has 0 amide bonds. The number of nitrogens with zero attached hydrogens (tertiary/aromatic N) is 3. The van der Waals surface area contributed by atoms with Crippen LogP contribution >= 0.6 is 54.5 Å². The van der Waals surface area contributed by atoms with Crippen LogP contribution in [0.5, 0.6) is 0 Å². The van der Waals surface area contributed by atoms with Crippen LogP contribution in [0.2, 0.25) is 0 Å². The predicted octanol–water partition coefficient (Wildman–Crippen LogP) is 10.9. The van der Waals surface area contributed by atoms with E-state index in [1.54, 1.807) is 22.7 Å². The lowest BCUT2D eigenvalue weighted by atomic mass is 10.1. The Kier molecular flexibility index (Phi) is 8.56. The molecule has 0 saturated heterocycles. The Labute approximate surface area is 252 Å². The molecule has 39 heavy (non-hydrogen) atoms. The zero-order chi connectivity index (χ0) is 27.2. The third-order valence-electron chi connectivity index (χ3n) is 5.86. The second kappa shape index (κ2) is 12.4. The predicted molar refractivity (Wildman–Crippen MR) is 172 cm³/mol. The summed E-state index contributed by atoms with van der Waals surface area (Å²) in [6.07, 6.45) is 3.82. The SMILES string of the molecule is N#C/C(=C/c1ccc(N(c2ccccc2)c2ccc(/C=C(\C#N)c3ccc(Br)s3)cc2)cc1)c1ccc(Br)s1. The first-order valence-electron chi connectivity index (χ1n) is 11.8. The lowest BCUT2D eigenvalue weighted by Gasteiger charge is -2.25. The molecule has 0 saturated carbocycles. The summed E-state index contributed by atoms with van der Waals surface area (Å²) in [6.45, 7) is 0. The molecule has 0 spiro atoms. The topological polar surface area (TPSA) is 50.8 Å². The van der Waals surface area contributed by atoms with Gasteiger partial charge in [-0.3, -0.25) is 0 Å². The number of hydrogen-bond acceptors (Lipinski definition) is 5. The highest BCUT2D eigenvalue weighted by atomic mass is 79.9. The van der Waals surface area contributed by atoms with E-state index in [4.69, 9.17) is 0 Å². The van der Waals surface area contributed by atoms with Gasteiger partial charge < -0.3 is 4.90 Å². The van der Waals surface area contributed by atoms with Crippen molar-refractivity contribution in [3.8, 4) is 12.1 Å². The van der Waals surface area contributed by atoms with Gasteiger partial charge in [-0.25, -0.2) is 0 Å². The van der Waals surface area contributed by atoms with Gasteiger partial charge in [0.05, 0.1) is 18.7 Å². The zero-order valence-corrected chi connectivity index (χ0v) is 25.2. The van der Waals surface area contributed by atoms with Crippen molar-refractivity contribution in [3.63, 3.8) is 0 Å². The maximum atomic E-state index is 9.69. The normalized spacial score (nSPS) is 11.6. The number of rotatable bonds is 7. The van der Waals surface area contributed by atoms with Crippen LogP contribution in [0, 0.1) is 22.7 Å². The Morgan fingerprint density at radius 3 is 1.33 bits per heavy atom. The highest BCUT2D eigenvalue weighted by Crippen LogP contribution is 2.36. The highest BCUT2D eigenvalue weighted by Gasteiger charge is 2.13. The van der Waals surface area contributed by atoms with Crippen molar-refractivity contribution in [2.75, 3.05) is 4.90 Å². The molecular weight excluding hydrogens is 650 g/mol. The fourth-order valence-electron chi connectivity index (χ4n) is 4.03. The first-order valence-corrected chi connectivity index (χ1v) is 15.1. The molecule has 188 valence electrons. The number of allylic oxidation sites excluding steroid dienone is 2. The molecule has 3 nitrogen and oxygen atoms in total. The summed E-state index contributed by atoms with van der Waals surface area (Å²) in [5, 5.41) is 19.4. The second-order valence-corrected chi connectivity index (χ2v) is 13.3. The Morgan fingerprint density at radius 1 is 0.564 bits per heavy atom. The number of anilines is 3. The van der Waals surface area contributed by atoms with E-state index in [1.165, 1.54) is 0 Å². The first kappa shape index (κ1) is 26.9. The fraction of sp³-hybridized carbons (Fsp3) is 0. The van der Waals surface area contributed by atoms with Crippen LogP contribution in [0.1, 0.15) is 20.9 Å². The average molecular weight is 669 g/mol. The average Bonchev–Trinajstić information content (AvgIpc) is 3.60. The van der Waals surface area contributed by atoms with Crippen LogP contribution in [0.4, 0.5) is 17.1 Å². The van der Waals surface area contributed by atoms with Gasteiger partial charge in [-0.15, -0.1) is 22.7 Å². The molecule has 0 N–H and O–H groups in total. The van der Waals surface area contributed by atoms with Gasteiger partial charge >= 0.3 is 0 Å². The third kappa shape index (κ3) is 6.47. The maximum absolute atomic E-state index is 9.69. The van der Waals surface area contributed by atoms with Crippen molar-refractivity contribution in [2.45, 2.75) is 0 Å². The lowest BCUT2D eigenvalue weighted by Crippen LogP contribution is -2.09. The summed E-state index contributed by atoms with van der Waals surface area (Å²) in [6, 6.07) is 39.0. The van der Waals surface area contributed by atoms with Crippen LogP contribution in [-0.4, -0.2) is 0 Å². The highest BCUT2D eigenvalue weighted by molar-refractivity contribution is 9.11. The molecule has 2 heterocycles. The van der Waals surface area contributed by atoms with E-state index in [9.17, 15) is 10.5 Å². The van der Waals surface area contributed by atoms with E-state index in [-0.39, 0.29) is 0 Å². The maximum Gasteiger partial charge on any atom is 0.101 e. The van der Waals surface area contributed by atoms with Crippen LogP contribution in [0.25, 0.3) is 23.3 Å². The summed E-state index contributed by atoms with van der Waals surface area (Å²) in [7, 11) is 0. The van der Waals surface area contributed by atoms with Crippen molar-refractivity contribution >= 4 is 94.9 Å². The molecule has 0 aliphatic rings. The molecule has 5 rings (SSSR count). The monoisotopic (exact) mass is 667 g/mol. The Hall–Kier alpha value is -3.72. The molecule has 0 aliphatic carbocycles. The molecule has 0 fully saturated rings. The van der Waals surface area contributed by atoms with E-state index in [0.29, 0.717) is 11.1 Å². The molecule has 0 bridgehead atoms. The summed E-state index contributed by atoms with van der Waals surface area (Å²) < 4.78 is 2.00. The molecular formula is C32H19Br2N3S2. The van der Waals surface area contributed by atoms with Gasteiger partial charge in [-0.05, 0) is 116 Å². The minimum absolute atomic E-state index is 0.633. The van der Waals surface area contributed by atoms with Crippen molar-refractivity contribution < 1.29 is 0 Å². The molecule has 0 aliphatic heterocycles. The third-order valence-corrected chi connectivity index (χ3v) is 9.17. The van der Waals surface area contributed by atoms with E-state index < -0.39 is 0 Å². The molecule has 0 radical (unpaired) electrons. The number of thiophene rings is 2. The Bertz CT molecular complexity index is 1620. The lowest BCUT2D eigenvalue weighted by molar-refractivity contribution is 1.28. The number of nitriles is 2. The minimum Gasteiger partial charge on any atom is -0.311 e. The largest absolute Gasteiger partial charge is 0.311 e. The van der Waals surface area contributed by atoms with E-state index in [0.717, 1.165) is 45.5 Å². The number of para-hydroxylation sites is 1.